The Morgan fingerprint density at radius 3 is 2.65 bits per heavy atom. The number of ether oxygens (including phenoxy) is 2. The third-order valence-electron chi connectivity index (χ3n) is 5.68. The molecule has 0 amide bonds. The first-order chi connectivity index (χ1) is 14.7. The number of carbonyl (C=O) groups excluding carboxylic acids is 3. The van der Waals surface area contributed by atoms with Gasteiger partial charge < -0.3 is 14.8 Å². The molecule has 6 nitrogen and oxygen atoms in total. The summed E-state index contributed by atoms with van der Waals surface area (Å²) < 4.78 is 24.4. The van der Waals surface area contributed by atoms with E-state index in [4.69, 9.17) is 9.47 Å². The van der Waals surface area contributed by atoms with Crippen LogP contribution in [0.25, 0.3) is 0 Å². The van der Waals surface area contributed by atoms with Crippen molar-refractivity contribution in [3.05, 3.63) is 56.6 Å². The van der Waals surface area contributed by atoms with Crippen molar-refractivity contribution in [1.29, 1.82) is 0 Å². The molecule has 3 rings (SSSR count). The second kappa shape index (κ2) is 9.34. The summed E-state index contributed by atoms with van der Waals surface area (Å²) in [5.74, 6) is -4.04. The van der Waals surface area contributed by atoms with E-state index in [9.17, 15) is 18.8 Å². The molecule has 3 unspecified atom stereocenters. The van der Waals surface area contributed by atoms with Gasteiger partial charge in [0.2, 0.25) is 0 Å². The van der Waals surface area contributed by atoms with E-state index in [2.05, 4.69) is 21.2 Å². The SMILES string of the molecule is CCCOC(=O)C1=C(C)NC2=C(C(=O)C(C(=O)OC)C(C)C2)C1c1ccc(F)c(Br)c1. The van der Waals surface area contributed by atoms with Gasteiger partial charge in [0.25, 0.3) is 0 Å². The maximum absolute atomic E-state index is 13.9. The molecule has 166 valence electrons. The number of rotatable bonds is 5. The van der Waals surface area contributed by atoms with Crippen LogP contribution < -0.4 is 5.32 Å². The summed E-state index contributed by atoms with van der Waals surface area (Å²) in [6.45, 7) is 5.69. The van der Waals surface area contributed by atoms with Crippen molar-refractivity contribution in [3.8, 4) is 0 Å². The van der Waals surface area contributed by atoms with Crippen molar-refractivity contribution in [2.45, 2.75) is 39.5 Å². The summed E-state index contributed by atoms with van der Waals surface area (Å²) in [5, 5.41) is 3.19. The minimum absolute atomic E-state index is 0.214. The summed E-state index contributed by atoms with van der Waals surface area (Å²) in [5.41, 5.74) is 2.38. The molecule has 2 aliphatic rings. The lowest BCUT2D eigenvalue weighted by Gasteiger charge is -2.38. The van der Waals surface area contributed by atoms with E-state index in [0.29, 0.717) is 35.4 Å². The molecule has 31 heavy (non-hydrogen) atoms. The van der Waals surface area contributed by atoms with E-state index >= 15 is 0 Å². The van der Waals surface area contributed by atoms with Gasteiger partial charge in [-0.2, -0.15) is 0 Å². The molecule has 1 N–H and O–H groups in total. The molecule has 1 aliphatic carbocycles. The van der Waals surface area contributed by atoms with Gasteiger partial charge in [0.05, 0.1) is 23.8 Å². The number of nitrogens with one attached hydrogen (secondary N) is 1. The van der Waals surface area contributed by atoms with Crippen LogP contribution in [-0.4, -0.2) is 31.4 Å². The van der Waals surface area contributed by atoms with Crippen molar-refractivity contribution in [1.82, 2.24) is 5.32 Å². The molecule has 0 radical (unpaired) electrons. The van der Waals surface area contributed by atoms with Crippen LogP contribution in [0.4, 0.5) is 4.39 Å². The summed E-state index contributed by atoms with van der Waals surface area (Å²) in [6.07, 6.45) is 1.08. The molecule has 0 saturated carbocycles. The standard InChI is InChI=1S/C23H25BrFNO5/c1-5-8-31-23(29)18-12(3)26-16-9-11(2)17(22(28)30-4)21(27)20(16)19(18)13-6-7-15(25)14(24)10-13/h6-7,10-11,17,19,26H,5,8-9H2,1-4H3. The normalized spacial score (nSPS) is 23.3. The molecule has 0 bridgehead atoms. The van der Waals surface area contributed by atoms with Gasteiger partial charge in [-0.3, -0.25) is 9.59 Å². The number of benzene rings is 1. The lowest BCUT2D eigenvalue weighted by atomic mass is 9.69. The third-order valence-corrected chi connectivity index (χ3v) is 6.28. The number of methoxy groups -OCH3 is 1. The Balaban J connectivity index is 2.18. The summed E-state index contributed by atoms with van der Waals surface area (Å²) in [4.78, 5) is 38.9. The van der Waals surface area contributed by atoms with Gasteiger partial charge in [-0.25, -0.2) is 9.18 Å². The second-order valence-electron chi connectivity index (χ2n) is 7.84. The third kappa shape index (κ3) is 4.31. The predicted molar refractivity (Wildman–Crippen MR) is 115 cm³/mol. The minimum Gasteiger partial charge on any atom is -0.468 e. The lowest BCUT2D eigenvalue weighted by molar-refractivity contribution is -0.151. The van der Waals surface area contributed by atoms with Crippen molar-refractivity contribution >= 4 is 33.7 Å². The number of Topliss-reactive ketones (excluding diaryl/α,β-unsaturated/α-hetero) is 1. The van der Waals surface area contributed by atoms with E-state index in [1.165, 1.54) is 13.2 Å². The highest BCUT2D eigenvalue weighted by Crippen LogP contribution is 2.46. The Bertz CT molecular complexity index is 1000. The number of carbonyl (C=O) groups is 3. The van der Waals surface area contributed by atoms with Gasteiger partial charge in [0.1, 0.15) is 11.7 Å². The Hall–Kier alpha value is -2.48. The summed E-state index contributed by atoms with van der Waals surface area (Å²) >= 11 is 3.19. The van der Waals surface area contributed by atoms with Gasteiger partial charge in [0, 0.05) is 22.9 Å². The van der Waals surface area contributed by atoms with Crippen LogP contribution in [0.5, 0.6) is 0 Å². The van der Waals surface area contributed by atoms with Crippen molar-refractivity contribution in [2.75, 3.05) is 13.7 Å². The number of allylic oxidation sites excluding steroid dienone is 3. The van der Waals surface area contributed by atoms with Gasteiger partial charge >= 0.3 is 11.9 Å². The number of halogens is 2. The zero-order chi connectivity index (χ0) is 22.9. The van der Waals surface area contributed by atoms with Gasteiger partial charge in [0.15, 0.2) is 5.78 Å². The smallest absolute Gasteiger partial charge is 0.336 e. The monoisotopic (exact) mass is 493 g/mol. The molecular weight excluding hydrogens is 469 g/mol. The van der Waals surface area contributed by atoms with E-state index in [-0.39, 0.29) is 22.6 Å². The molecule has 1 aliphatic heterocycles. The van der Waals surface area contributed by atoms with E-state index in [1.807, 2.05) is 13.8 Å². The molecule has 8 heteroatoms. The Labute approximate surface area is 189 Å². The number of esters is 2. The molecular formula is C23H25BrFNO5. The van der Waals surface area contributed by atoms with Crippen molar-refractivity contribution < 1.29 is 28.2 Å². The van der Waals surface area contributed by atoms with Crippen molar-refractivity contribution in [3.63, 3.8) is 0 Å². The number of ketones is 1. The van der Waals surface area contributed by atoms with E-state index < -0.39 is 35.4 Å². The first-order valence-corrected chi connectivity index (χ1v) is 10.9. The van der Waals surface area contributed by atoms with Gasteiger partial charge in [-0.05, 0) is 59.3 Å². The molecule has 0 spiro atoms. The molecule has 1 aromatic rings. The van der Waals surface area contributed by atoms with Crippen LogP contribution in [0.2, 0.25) is 0 Å². The molecule has 0 fully saturated rings. The zero-order valence-corrected chi connectivity index (χ0v) is 19.5. The average Bonchev–Trinajstić information content (AvgIpc) is 2.72. The fourth-order valence-corrected chi connectivity index (χ4v) is 4.65. The fraction of sp³-hybridized carbons (Fsp3) is 0.435. The zero-order valence-electron chi connectivity index (χ0n) is 17.9. The molecule has 3 atom stereocenters. The average molecular weight is 494 g/mol. The Morgan fingerprint density at radius 1 is 1.32 bits per heavy atom. The van der Waals surface area contributed by atoms with Crippen LogP contribution in [0.3, 0.4) is 0 Å². The maximum Gasteiger partial charge on any atom is 0.336 e. The molecule has 0 aromatic heterocycles. The number of dihydropyridines is 1. The van der Waals surface area contributed by atoms with Crippen LogP contribution in [-0.2, 0) is 23.9 Å². The molecule has 1 heterocycles. The first-order valence-electron chi connectivity index (χ1n) is 10.2. The lowest BCUT2D eigenvalue weighted by Crippen LogP contribution is -2.43. The van der Waals surface area contributed by atoms with E-state index in [1.54, 1.807) is 19.1 Å². The van der Waals surface area contributed by atoms with Crippen LogP contribution in [0.15, 0.2) is 45.2 Å². The summed E-state index contributed by atoms with van der Waals surface area (Å²) in [6, 6.07) is 4.37. The van der Waals surface area contributed by atoms with Crippen LogP contribution >= 0.6 is 15.9 Å². The number of hydrogen-bond acceptors (Lipinski definition) is 6. The van der Waals surface area contributed by atoms with Gasteiger partial charge in [-0.15, -0.1) is 0 Å². The summed E-state index contributed by atoms with van der Waals surface area (Å²) in [7, 11) is 1.25. The largest absolute Gasteiger partial charge is 0.468 e. The quantitative estimate of drug-likeness (QED) is 0.489. The van der Waals surface area contributed by atoms with E-state index in [0.717, 1.165) is 0 Å². The minimum atomic E-state index is -0.969. The van der Waals surface area contributed by atoms with Crippen LogP contribution in [0.1, 0.15) is 45.1 Å². The Kier molecular flexibility index (Phi) is 6.99. The topological polar surface area (TPSA) is 81.7 Å². The molecule has 1 aromatic carbocycles. The first kappa shape index (κ1) is 23.2. The van der Waals surface area contributed by atoms with Crippen molar-refractivity contribution in [2.24, 2.45) is 11.8 Å². The van der Waals surface area contributed by atoms with Gasteiger partial charge in [-0.1, -0.05) is 19.9 Å². The predicted octanol–water partition coefficient (Wildman–Crippen LogP) is 4.15. The van der Waals surface area contributed by atoms with Crippen LogP contribution in [0, 0.1) is 17.7 Å². The fourth-order valence-electron chi connectivity index (χ4n) is 4.25. The highest BCUT2D eigenvalue weighted by Gasteiger charge is 2.47. The second-order valence-corrected chi connectivity index (χ2v) is 8.70. The highest BCUT2D eigenvalue weighted by molar-refractivity contribution is 9.10. The highest BCUT2D eigenvalue weighted by atomic mass is 79.9. The molecule has 0 saturated heterocycles. The maximum atomic E-state index is 13.9. The Morgan fingerprint density at radius 2 is 2.03 bits per heavy atom. The number of hydrogen-bond donors (Lipinski definition) is 1.